The SMILES string of the molecule is Fc1ccc(-c2nn(Cc3ccc(F)cc3Cl)c(-c3ccc(F)cc3)c2Cl)cc1. The van der Waals surface area contributed by atoms with Crippen molar-refractivity contribution in [3.8, 4) is 22.5 Å². The second-order valence-corrected chi connectivity index (χ2v) is 7.20. The molecule has 0 bridgehead atoms. The summed E-state index contributed by atoms with van der Waals surface area (Å²) in [6.07, 6.45) is 0. The number of halogens is 5. The molecule has 1 heterocycles. The van der Waals surface area contributed by atoms with Crippen LogP contribution in [0.15, 0.2) is 66.7 Å². The molecule has 4 aromatic rings. The molecule has 0 saturated heterocycles. The summed E-state index contributed by atoms with van der Waals surface area (Å²) in [6, 6.07) is 15.7. The van der Waals surface area contributed by atoms with Gasteiger partial charge in [0.25, 0.3) is 0 Å². The van der Waals surface area contributed by atoms with Gasteiger partial charge in [-0.15, -0.1) is 0 Å². The summed E-state index contributed by atoms with van der Waals surface area (Å²) in [6.45, 7) is 0.215. The molecule has 0 N–H and O–H groups in total. The Kier molecular flexibility index (Phi) is 5.35. The molecule has 0 amide bonds. The van der Waals surface area contributed by atoms with Crippen molar-refractivity contribution in [2.24, 2.45) is 0 Å². The zero-order chi connectivity index (χ0) is 20.5. The molecule has 0 aliphatic heterocycles. The van der Waals surface area contributed by atoms with Crippen LogP contribution in [0.1, 0.15) is 5.56 Å². The molecule has 0 spiro atoms. The molecule has 4 rings (SSSR count). The zero-order valence-electron chi connectivity index (χ0n) is 14.8. The van der Waals surface area contributed by atoms with Gasteiger partial charge in [0.2, 0.25) is 0 Å². The van der Waals surface area contributed by atoms with E-state index in [9.17, 15) is 13.2 Å². The lowest BCUT2D eigenvalue weighted by molar-refractivity contribution is 0.624. The van der Waals surface area contributed by atoms with Crippen LogP contribution in [0.5, 0.6) is 0 Å². The Labute approximate surface area is 175 Å². The third-order valence-electron chi connectivity index (χ3n) is 4.47. The smallest absolute Gasteiger partial charge is 0.124 e. The maximum Gasteiger partial charge on any atom is 0.124 e. The van der Waals surface area contributed by atoms with Crippen LogP contribution in [0.25, 0.3) is 22.5 Å². The van der Waals surface area contributed by atoms with Crippen LogP contribution in [-0.4, -0.2) is 9.78 Å². The fraction of sp³-hybridized carbons (Fsp3) is 0.0455. The van der Waals surface area contributed by atoms with E-state index >= 15 is 0 Å². The van der Waals surface area contributed by atoms with Gasteiger partial charge in [-0.05, 0) is 66.2 Å². The first kappa shape index (κ1) is 19.6. The maximum absolute atomic E-state index is 13.4. The van der Waals surface area contributed by atoms with Crippen LogP contribution in [-0.2, 0) is 6.54 Å². The average molecular weight is 433 g/mol. The normalized spacial score (nSPS) is 11.1. The number of aromatic nitrogens is 2. The van der Waals surface area contributed by atoms with Gasteiger partial charge in [0.05, 0.1) is 17.3 Å². The fourth-order valence-corrected chi connectivity index (χ4v) is 3.62. The van der Waals surface area contributed by atoms with Crippen molar-refractivity contribution < 1.29 is 13.2 Å². The van der Waals surface area contributed by atoms with E-state index in [-0.39, 0.29) is 23.2 Å². The lowest BCUT2D eigenvalue weighted by Crippen LogP contribution is -2.05. The number of benzene rings is 3. The van der Waals surface area contributed by atoms with Gasteiger partial charge in [0.1, 0.15) is 23.1 Å². The Morgan fingerprint density at radius 2 is 1.28 bits per heavy atom. The summed E-state index contributed by atoms with van der Waals surface area (Å²) in [7, 11) is 0. The largest absolute Gasteiger partial charge is 0.258 e. The molecule has 2 nitrogen and oxygen atoms in total. The van der Waals surface area contributed by atoms with E-state index in [1.54, 1.807) is 35.0 Å². The van der Waals surface area contributed by atoms with Crippen molar-refractivity contribution in [3.05, 3.63) is 99.8 Å². The molecule has 1 aromatic heterocycles. The van der Waals surface area contributed by atoms with Gasteiger partial charge in [0.15, 0.2) is 0 Å². The van der Waals surface area contributed by atoms with Crippen molar-refractivity contribution in [2.75, 3.05) is 0 Å². The van der Waals surface area contributed by atoms with Crippen molar-refractivity contribution in [2.45, 2.75) is 6.54 Å². The van der Waals surface area contributed by atoms with E-state index in [1.807, 2.05) is 0 Å². The average Bonchev–Trinajstić information content (AvgIpc) is 3.01. The molecule has 7 heteroatoms. The van der Waals surface area contributed by atoms with Gasteiger partial charge >= 0.3 is 0 Å². The molecule has 0 unspecified atom stereocenters. The highest BCUT2D eigenvalue weighted by atomic mass is 35.5. The first-order valence-corrected chi connectivity index (χ1v) is 9.40. The molecule has 29 heavy (non-hydrogen) atoms. The predicted molar refractivity (Wildman–Crippen MR) is 109 cm³/mol. The Hall–Kier alpha value is -2.76. The summed E-state index contributed by atoms with van der Waals surface area (Å²) in [5, 5.41) is 5.17. The van der Waals surface area contributed by atoms with E-state index in [0.717, 1.165) is 0 Å². The van der Waals surface area contributed by atoms with E-state index < -0.39 is 5.82 Å². The van der Waals surface area contributed by atoms with E-state index in [1.165, 1.54) is 36.4 Å². The molecule has 3 aromatic carbocycles. The summed E-state index contributed by atoms with van der Waals surface area (Å²) in [5.41, 5.74) is 2.91. The first-order valence-electron chi connectivity index (χ1n) is 8.64. The fourth-order valence-electron chi connectivity index (χ4n) is 3.04. The zero-order valence-corrected chi connectivity index (χ0v) is 16.4. The molecule has 0 radical (unpaired) electrons. The third-order valence-corrected chi connectivity index (χ3v) is 5.18. The van der Waals surface area contributed by atoms with Crippen LogP contribution in [0.2, 0.25) is 10.0 Å². The third kappa shape index (κ3) is 4.02. The summed E-state index contributed by atoms with van der Waals surface area (Å²) in [4.78, 5) is 0. The Balaban J connectivity index is 1.86. The van der Waals surface area contributed by atoms with Crippen LogP contribution in [0.3, 0.4) is 0 Å². The van der Waals surface area contributed by atoms with Gasteiger partial charge in [0, 0.05) is 16.1 Å². The van der Waals surface area contributed by atoms with Crippen LogP contribution < -0.4 is 0 Å². The number of hydrogen-bond acceptors (Lipinski definition) is 1. The molecule has 0 aliphatic carbocycles. The number of rotatable bonds is 4. The Morgan fingerprint density at radius 1 is 0.724 bits per heavy atom. The molecule has 0 fully saturated rings. The minimum atomic E-state index is -0.442. The molecule has 146 valence electrons. The number of hydrogen-bond donors (Lipinski definition) is 0. The van der Waals surface area contributed by atoms with Gasteiger partial charge in [-0.1, -0.05) is 29.3 Å². The highest BCUT2D eigenvalue weighted by Crippen LogP contribution is 2.37. The van der Waals surface area contributed by atoms with Gasteiger partial charge < -0.3 is 0 Å². The molecule has 0 saturated carbocycles. The minimum absolute atomic E-state index is 0.215. The van der Waals surface area contributed by atoms with E-state index in [2.05, 4.69) is 5.10 Å². The van der Waals surface area contributed by atoms with Crippen molar-refractivity contribution in [1.29, 1.82) is 0 Å². The van der Waals surface area contributed by atoms with E-state index in [0.29, 0.717) is 33.1 Å². The predicted octanol–water partition coefficient (Wildman–Crippen LogP) is 6.99. The topological polar surface area (TPSA) is 17.8 Å². The maximum atomic E-state index is 13.4. The number of nitrogens with zero attached hydrogens (tertiary/aromatic N) is 2. The van der Waals surface area contributed by atoms with Crippen LogP contribution in [0.4, 0.5) is 13.2 Å². The lowest BCUT2D eigenvalue weighted by atomic mass is 10.1. The molecular weight excluding hydrogens is 420 g/mol. The summed E-state index contributed by atoms with van der Waals surface area (Å²) >= 11 is 12.8. The Bertz CT molecular complexity index is 1170. The monoisotopic (exact) mass is 432 g/mol. The van der Waals surface area contributed by atoms with Gasteiger partial charge in [-0.25, -0.2) is 13.2 Å². The van der Waals surface area contributed by atoms with E-state index in [4.69, 9.17) is 23.2 Å². The Morgan fingerprint density at radius 3 is 1.86 bits per heavy atom. The standard InChI is InChI=1S/C22H13Cl2F3N2/c23-19-11-18(27)10-5-15(19)12-29-22(14-3-8-17(26)9-4-14)20(24)21(28-29)13-1-6-16(25)7-2-13/h1-11H,12H2. The molecule has 0 atom stereocenters. The first-order chi connectivity index (χ1) is 13.9. The lowest BCUT2D eigenvalue weighted by Gasteiger charge is -2.10. The summed E-state index contributed by atoms with van der Waals surface area (Å²) in [5.74, 6) is -1.19. The van der Waals surface area contributed by atoms with Crippen molar-refractivity contribution in [3.63, 3.8) is 0 Å². The second kappa shape index (κ2) is 7.93. The second-order valence-electron chi connectivity index (χ2n) is 6.42. The van der Waals surface area contributed by atoms with Gasteiger partial charge in [-0.2, -0.15) is 5.10 Å². The highest BCUT2D eigenvalue weighted by Gasteiger charge is 2.20. The summed E-state index contributed by atoms with van der Waals surface area (Å²) < 4.78 is 41.7. The quantitative estimate of drug-likeness (QED) is 0.339. The molecular formula is C22H13Cl2F3N2. The van der Waals surface area contributed by atoms with Gasteiger partial charge in [-0.3, -0.25) is 4.68 Å². The minimum Gasteiger partial charge on any atom is -0.258 e. The van der Waals surface area contributed by atoms with Crippen molar-refractivity contribution >= 4 is 23.2 Å². The molecule has 0 aliphatic rings. The highest BCUT2D eigenvalue weighted by molar-refractivity contribution is 6.35. The van der Waals surface area contributed by atoms with Crippen LogP contribution >= 0.6 is 23.2 Å². The van der Waals surface area contributed by atoms with Crippen molar-refractivity contribution in [1.82, 2.24) is 9.78 Å². The van der Waals surface area contributed by atoms with Crippen LogP contribution in [0, 0.1) is 17.5 Å².